The molecule has 6 nitrogen and oxygen atoms in total. The third-order valence-electron chi connectivity index (χ3n) is 2.65. The van der Waals surface area contributed by atoms with E-state index in [9.17, 15) is 9.90 Å². The first-order valence-corrected chi connectivity index (χ1v) is 6.21. The molecule has 1 N–H and O–H groups in total. The first-order chi connectivity index (χ1) is 9.20. The Morgan fingerprint density at radius 1 is 1.47 bits per heavy atom. The summed E-state index contributed by atoms with van der Waals surface area (Å²) < 4.78 is 6.45. The minimum Gasteiger partial charge on any atom is -0.506 e. The lowest BCUT2D eigenvalue weighted by atomic mass is 10.3. The minimum atomic E-state index is -0.552. The summed E-state index contributed by atoms with van der Waals surface area (Å²) in [7, 11) is 1.28. The first kappa shape index (κ1) is 11.7. The number of carbonyl (C=O) groups excluding carboxylic acids is 1. The van der Waals surface area contributed by atoms with Crippen molar-refractivity contribution in [1.82, 2.24) is 14.4 Å². The van der Waals surface area contributed by atoms with Gasteiger partial charge in [0, 0.05) is 18.5 Å². The van der Waals surface area contributed by atoms with Crippen molar-refractivity contribution in [1.29, 1.82) is 0 Å². The Morgan fingerprint density at radius 3 is 3.11 bits per heavy atom. The van der Waals surface area contributed by atoms with Crippen LogP contribution in [-0.4, -0.2) is 32.6 Å². The van der Waals surface area contributed by atoms with Gasteiger partial charge in [0.05, 0.1) is 30.1 Å². The molecule has 0 aliphatic rings. The number of ether oxygens (including phenoxy) is 1. The molecule has 0 atom stereocenters. The van der Waals surface area contributed by atoms with Crippen LogP contribution in [0.4, 0.5) is 0 Å². The Balaban J connectivity index is 2.15. The largest absolute Gasteiger partial charge is 0.506 e. The maximum absolute atomic E-state index is 11.5. The van der Waals surface area contributed by atoms with Gasteiger partial charge in [0.25, 0.3) is 0 Å². The van der Waals surface area contributed by atoms with Crippen LogP contribution < -0.4 is 0 Å². The standard InChI is InChI=1S/C12H9N3O3S/c1-18-12(17)11-8(16)4-9(19-11)7-5-14-10-6-13-2-3-15(7)10/h2-6,16H,1H3. The van der Waals surface area contributed by atoms with Crippen molar-refractivity contribution in [2.45, 2.75) is 0 Å². The van der Waals surface area contributed by atoms with Gasteiger partial charge in [-0.3, -0.25) is 9.38 Å². The van der Waals surface area contributed by atoms with Gasteiger partial charge in [-0.05, 0) is 0 Å². The minimum absolute atomic E-state index is 0.0872. The van der Waals surface area contributed by atoms with Gasteiger partial charge in [0.15, 0.2) is 10.5 Å². The molecule has 0 saturated carbocycles. The van der Waals surface area contributed by atoms with E-state index in [-0.39, 0.29) is 10.6 Å². The normalized spacial score (nSPS) is 10.8. The second-order valence-electron chi connectivity index (χ2n) is 3.76. The van der Waals surface area contributed by atoms with E-state index in [1.165, 1.54) is 13.2 Å². The zero-order valence-corrected chi connectivity index (χ0v) is 10.7. The number of methoxy groups -OCH3 is 1. The predicted molar refractivity (Wildman–Crippen MR) is 69.3 cm³/mol. The second-order valence-corrected chi connectivity index (χ2v) is 4.82. The quantitative estimate of drug-likeness (QED) is 0.723. The molecule has 0 aromatic carbocycles. The van der Waals surface area contributed by atoms with Crippen molar-refractivity contribution in [2.24, 2.45) is 0 Å². The molecule has 0 aliphatic carbocycles. The first-order valence-electron chi connectivity index (χ1n) is 5.39. The maximum Gasteiger partial charge on any atom is 0.351 e. The molecule has 7 heteroatoms. The summed E-state index contributed by atoms with van der Waals surface area (Å²) in [6.07, 6.45) is 6.72. The fraction of sp³-hybridized carbons (Fsp3) is 0.0833. The predicted octanol–water partition coefficient (Wildman–Crippen LogP) is 1.95. The van der Waals surface area contributed by atoms with E-state index >= 15 is 0 Å². The fourth-order valence-corrected chi connectivity index (χ4v) is 2.75. The smallest absolute Gasteiger partial charge is 0.351 e. The number of rotatable bonds is 2. The average molecular weight is 275 g/mol. The molecule has 0 bridgehead atoms. The molecule has 19 heavy (non-hydrogen) atoms. The molecule has 0 spiro atoms. The lowest BCUT2D eigenvalue weighted by Gasteiger charge is -1.97. The summed E-state index contributed by atoms with van der Waals surface area (Å²) >= 11 is 1.16. The number of esters is 1. The van der Waals surface area contributed by atoms with E-state index in [4.69, 9.17) is 0 Å². The van der Waals surface area contributed by atoms with Crippen molar-refractivity contribution in [2.75, 3.05) is 7.11 Å². The molecular formula is C12H9N3O3S. The van der Waals surface area contributed by atoms with Crippen LogP contribution in [0.2, 0.25) is 0 Å². The highest BCUT2D eigenvalue weighted by Crippen LogP contribution is 2.35. The third kappa shape index (κ3) is 1.84. The van der Waals surface area contributed by atoms with Gasteiger partial charge in [-0.15, -0.1) is 11.3 Å². The molecule has 0 aliphatic heterocycles. The van der Waals surface area contributed by atoms with Crippen molar-refractivity contribution in [3.05, 3.63) is 35.7 Å². The highest BCUT2D eigenvalue weighted by atomic mass is 32.1. The van der Waals surface area contributed by atoms with Gasteiger partial charge in [-0.1, -0.05) is 0 Å². The number of nitrogens with zero attached hydrogens (tertiary/aromatic N) is 3. The molecule has 3 aromatic rings. The average Bonchev–Trinajstić information content (AvgIpc) is 3.01. The summed E-state index contributed by atoms with van der Waals surface area (Å²) in [5, 5.41) is 9.77. The number of imidazole rings is 1. The van der Waals surface area contributed by atoms with Crippen LogP contribution in [0.15, 0.2) is 30.9 Å². The topological polar surface area (TPSA) is 76.7 Å². The number of carbonyl (C=O) groups is 1. The summed E-state index contributed by atoms with van der Waals surface area (Å²) in [4.78, 5) is 20.6. The van der Waals surface area contributed by atoms with E-state index in [0.717, 1.165) is 21.9 Å². The fourth-order valence-electron chi connectivity index (χ4n) is 1.77. The molecule has 0 radical (unpaired) electrons. The van der Waals surface area contributed by atoms with Gasteiger partial charge in [-0.25, -0.2) is 9.78 Å². The van der Waals surface area contributed by atoms with Crippen LogP contribution in [0.25, 0.3) is 16.2 Å². The van der Waals surface area contributed by atoms with E-state index < -0.39 is 5.97 Å². The molecule has 0 amide bonds. The van der Waals surface area contributed by atoms with Crippen molar-refractivity contribution < 1.29 is 14.6 Å². The number of aromatic nitrogens is 3. The van der Waals surface area contributed by atoms with Crippen LogP contribution in [0.5, 0.6) is 5.75 Å². The molecule has 3 heterocycles. The van der Waals surface area contributed by atoms with E-state index in [0.29, 0.717) is 5.65 Å². The monoisotopic (exact) mass is 275 g/mol. The Morgan fingerprint density at radius 2 is 2.32 bits per heavy atom. The Kier molecular flexibility index (Phi) is 2.68. The van der Waals surface area contributed by atoms with Crippen molar-refractivity contribution >= 4 is 23.0 Å². The zero-order chi connectivity index (χ0) is 13.4. The molecule has 0 unspecified atom stereocenters. The molecule has 0 saturated heterocycles. The second kappa shape index (κ2) is 4.36. The Labute approximate surface area is 111 Å². The number of hydrogen-bond donors (Lipinski definition) is 1. The van der Waals surface area contributed by atoms with Crippen molar-refractivity contribution in [3.8, 4) is 16.3 Å². The number of thiophene rings is 1. The highest BCUT2D eigenvalue weighted by molar-refractivity contribution is 7.17. The van der Waals surface area contributed by atoms with Gasteiger partial charge in [0.1, 0.15) is 5.75 Å². The summed E-state index contributed by atoms with van der Waals surface area (Å²) in [6, 6.07) is 1.53. The number of hydrogen-bond acceptors (Lipinski definition) is 6. The van der Waals surface area contributed by atoms with Crippen LogP contribution in [0, 0.1) is 0 Å². The molecule has 3 aromatic heterocycles. The Hall–Kier alpha value is -2.41. The van der Waals surface area contributed by atoms with Gasteiger partial charge in [-0.2, -0.15) is 0 Å². The molecule has 96 valence electrons. The maximum atomic E-state index is 11.5. The highest BCUT2D eigenvalue weighted by Gasteiger charge is 2.18. The van der Waals surface area contributed by atoms with E-state index in [1.54, 1.807) is 24.8 Å². The van der Waals surface area contributed by atoms with Crippen LogP contribution >= 0.6 is 11.3 Å². The molecule has 0 fully saturated rings. The van der Waals surface area contributed by atoms with Crippen LogP contribution in [0.3, 0.4) is 0 Å². The van der Waals surface area contributed by atoms with Gasteiger partial charge in [0.2, 0.25) is 0 Å². The molecular weight excluding hydrogens is 266 g/mol. The summed E-state index contributed by atoms with van der Waals surface area (Å²) in [5.74, 6) is -0.639. The van der Waals surface area contributed by atoms with Gasteiger partial charge >= 0.3 is 5.97 Å². The van der Waals surface area contributed by atoms with E-state index in [1.807, 2.05) is 4.40 Å². The SMILES string of the molecule is COC(=O)c1sc(-c2cnc3cnccn23)cc1O. The lowest BCUT2D eigenvalue weighted by Crippen LogP contribution is -1.97. The Bertz CT molecular complexity index is 763. The summed E-state index contributed by atoms with van der Waals surface area (Å²) in [5.41, 5.74) is 1.48. The zero-order valence-electron chi connectivity index (χ0n) is 9.90. The number of aromatic hydroxyl groups is 1. The van der Waals surface area contributed by atoms with Gasteiger partial charge < -0.3 is 9.84 Å². The summed E-state index contributed by atoms with van der Waals surface area (Å²) in [6.45, 7) is 0. The number of fused-ring (bicyclic) bond motifs is 1. The third-order valence-corrected chi connectivity index (χ3v) is 3.78. The van der Waals surface area contributed by atoms with Crippen LogP contribution in [-0.2, 0) is 4.74 Å². The lowest BCUT2D eigenvalue weighted by molar-refractivity contribution is 0.0603. The van der Waals surface area contributed by atoms with Crippen molar-refractivity contribution in [3.63, 3.8) is 0 Å². The van der Waals surface area contributed by atoms with Crippen LogP contribution in [0.1, 0.15) is 9.67 Å². The van der Waals surface area contributed by atoms with E-state index in [2.05, 4.69) is 14.7 Å². The molecule has 3 rings (SSSR count).